The molecule has 118 valence electrons. The normalized spacial score (nSPS) is 18.3. The van der Waals surface area contributed by atoms with Gasteiger partial charge >= 0.3 is 0 Å². The number of carbonyl (C=O) groups excluding carboxylic acids is 1. The molecule has 6 nitrogen and oxygen atoms in total. The van der Waals surface area contributed by atoms with E-state index in [1.54, 1.807) is 28.4 Å². The maximum Gasteiger partial charge on any atom is 0.289 e. The van der Waals surface area contributed by atoms with Crippen LogP contribution in [-0.4, -0.2) is 34.1 Å². The highest BCUT2D eigenvalue weighted by Crippen LogP contribution is 2.30. The van der Waals surface area contributed by atoms with Crippen molar-refractivity contribution in [2.45, 2.75) is 18.8 Å². The minimum atomic E-state index is -0.0855. The Morgan fingerprint density at radius 2 is 2.26 bits per heavy atom. The number of aromatic nitrogens is 2. The second-order valence-electron chi connectivity index (χ2n) is 5.49. The monoisotopic (exact) mass is 329 g/mol. The van der Waals surface area contributed by atoms with E-state index in [4.69, 9.17) is 8.83 Å². The van der Waals surface area contributed by atoms with Gasteiger partial charge in [0.15, 0.2) is 5.76 Å². The van der Waals surface area contributed by atoms with E-state index >= 15 is 0 Å². The van der Waals surface area contributed by atoms with E-state index in [0.717, 1.165) is 24.3 Å². The molecule has 4 rings (SSSR count). The number of rotatable bonds is 3. The number of furan rings is 1. The van der Waals surface area contributed by atoms with Gasteiger partial charge in [-0.3, -0.25) is 4.79 Å². The molecule has 1 aliphatic rings. The Morgan fingerprint density at radius 1 is 1.30 bits per heavy atom. The number of hydrogen-bond donors (Lipinski definition) is 0. The van der Waals surface area contributed by atoms with Gasteiger partial charge in [0.25, 0.3) is 11.8 Å². The first-order valence-corrected chi connectivity index (χ1v) is 8.39. The van der Waals surface area contributed by atoms with Gasteiger partial charge in [0.1, 0.15) is 0 Å². The molecular formula is C16H15N3O3S. The predicted octanol–water partition coefficient (Wildman–Crippen LogP) is 3.41. The van der Waals surface area contributed by atoms with Crippen LogP contribution in [-0.2, 0) is 0 Å². The van der Waals surface area contributed by atoms with Crippen molar-refractivity contribution in [1.29, 1.82) is 0 Å². The van der Waals surface area contributed by atoms with Crippen LogP contribution >= 0.6 is 11.3 Å². The first-order chi connectivity index (χ1) is 11.3. The molecule has 4 heterocycles. The highest BCUT2D eigenvalue weighted by atomic mass is 32.1. The van der Waals surface area contributed by atoms with Crippen molar-refractivity contribution >= 4 is 17.2 Å². The number of nitrogens with zero attached hydrogens (tertiary/aromatic N) is 3. The van der Waals surface area contributed by atoms with Gasteiger partial charge in [-0.25, -0.2) is 0 Å². The van der Waals surface area contributed by atoms with Gasteiger partial charge < -0.3 is 13.7 Å². The smallest absolute Gasteiger partial charge is 0.289 e. The Morgan fingerprint density at radius 3 is 3.04 bits per heavy atom. The van der Waals surface area contributed by atoms with Crippen molar-refractivity contribution in [2.24, 2.45) is 0 Å². The number of hydrogen-bond acceptors (Lipinski definition) is 6. The lowest BCUT2D eigenvalue weighted by Crippen LogP contribution is -2.39. The van der Waals surface area contributed by atoms with E-state index in [0.29, 0.717) is 24.1 Å². The third-order valence-corrected chi connectivity index (χ3v) is 4.82. The third kappa shape index (κ3) is 2.79. The first-order valence-electron chi connectivity index (χ1n) is 7.51. The molecule has 1 fully saturated rings. The molecule has 1 aliphatic heterocycles. The van der Waals surface area contributed by atoms with Crippen LogP contribution in [0.2, 0.25) is 0 Å². The van der Waals surface area contributed by atoms with E-state index in [2.05, 4.69) is 10.2 Å². The second kappa shape index (κ2) is 6.00. The summed E-state index contributed by atoms with van der Waals surface area (Å²) in [6.07, 6.45) is 3.36. The second-order valence-corrected chi connectivity index (χ2v) is 6.44. The molecule has 1 saturated heterocycles. The molecule has 0 bridgehead atoms. The molecule has 1 unspecified atom stereocenters. The van der Waals surface area contributed by atoms with Gasteiger partial charge in [-0.1, -0.05) is 6.07 Å². The number of piperidine rings is 1. The Labute approximate surface area is 136 Å². The van der Waals surface area contributed by atoms with Gasteiger partial charge in [0, 0.05) is 13.1 Å². The lowest BCUT2D eigenvalue weighted by atomic mass is 9.98. The topological polar surface area (TPSA) is 72.4 Å². The molecule has 0 radical (unpaired) electrons. The Kier molecular flexibility index (Phi) is 3.70. The highest BCUT2D eigenvalue weighted by molar-refractivity contribution is 7.13. The number of thiophene rings is 1. The molecule has 0 aliphatic carbocycles. The molecule has 0 spiro atoms. The van der Waals surface area contributed by atoms with E-state index in [1.807, 2.05) is 17.5 Å². The SMILES string of the molecule is O=C(c1ccco1)N1CCCC(c2nnc(-c3cccs3)o2)C1. The molecule has 1 atom stereocenters. The molecule has 0 saturated carbocycles. The summed E-state index contributed by atoms with van der Waals surface area (Å²) in [4.78, 5) is 15.2. The summed E-state index contributed by atoms with van der Waals surface area (Å²) in [5.74, 6) is 1.51. The maximum absolute atomic E-state index is 12.4. The third-order valence-electron chi connectivity index (χ3n) is 3.96. The van der Waals surface area contributed by atoms with Crippen molar-refractivity contribution in [1.82, 2.24) is 15.1 Å². The van der Waals surface area contributed by atoms with E-state index in [9.17, 15) is 4.79 Å². The molecule has 0 N–H and O–H groups in total. The van der Waals surface area contributed by atoms with Crippen molar-refractivity contribution in [3.05, 3.63) is 47.6 Å². The van der Waals surface area contributed by atoms with Crippen LogP contribution in [0.5, 0.6) is 0 Å². The average Bonchev–Trinajstić information content (AvgIpc) is 3.36. The quantitative estimate of drug-likeness (QED) is 0.736. The highest BCUT2D eigenvalue weighted by Gasteiger charge is 2.30. The van der Waals surface area contributed by atoms with Crippen LogP contribution in [0.3, 0.4) is 0 Å². The van der Waals surface area contributed by atoms with Crippen LogP contribution in [0.1, 0.15) is 35.2 Å². The summed E-state index contributed by atoms with van der Waals surface area (Å²) in [7, 11) is 0. The fourth-order valence-corrected chi connectivity index (χ4v) is 3.46. The molecule has 23 heavy (non-hydrogen) atoms. The molecule has 1 amide bonds. The number of amides is 1. The lowest BCUT2D eigenvalue weighted by Gasteiger charge is -2.30. The Bertz CT molecular complexity index is 779. The fraction of sp³-hybridized carbons (Fsp3) is 0.312. The summed E-state index contributed by atoms with van der Waals surface area (Å²) in [5, 5.41) is 10.3. The molecule has 3 aromatic heterocycles. The Balaban J connectivity index is 1.50. The van der Waals surface area contributed by atoms with Gasteiger partial charge in [-0.15, -0.1) is 21.5 Å². The van der Waals surface area contributed by atoms with E-state index < -0.39 is 0 Å². The van der Waals surface area contributed by atoms with Crippen LogP contribution < -0.4 is 0 Å². The summed E-state index contributed by atoms with van der Waals surface area (Å²) >= 11 is 1.57. The first kappa shape index (κ1) is 14.2. The summed E-state index contributed by atoms with van der Waals surface area (Å²) in [5.41, 5.74) is 0. The summed E-state index contributed by atoms with van der Waals surface area (Å²) in [6.45, 7) is 1.30. The van der Waals surface area contributed by atoms with Crippen molar-refractivity contribution in [3.8, 4) is 10.8 Å². The van der Waals surface area contributed by atoms with Crippen molar-refractivity contribution < 1.29 is 13.6 Å². The summed E-state index contributed by atoms with van der Waals surface area (Å²) in [6, 6.07) is 7.32. The zero-order chi connectivity index (χ0) is 15.6. The van der Waals surface area contributed by atoms with E-state index in [-0.39, 0.29) is 11.8 Å². The van der Waals surface area contributed by atoms with Crippen LogP contribution in [0, 0.1) is 0 Å². The zero-order valence-electron chi connectivity index (χ0n) is 12.3. The minimum Gasteiger partial charge on any atom is -0.459 e. The average molecular weight is 329 g/mol. The van der Waals surface area contributed by atoms with Crippen LogP contribution in [0.15, 0.2) is 44.7 Å². The van der Waals surface area contributed by atoms with Gasteiger partial charge in [-0.05, 0) is 36.4 Å². The van der Waals surface area contributed by atoms with Crippen molar-refractivity contribution in [2.75, 3.05) is 13.1 Å². The Hall–Kier alpha value is -2.41. The minimum absolute atomic E-state index is 0.0730. The molecule has 3 aromatic rings. The van der Waals surface area contributed by atoms with Crippen molar-refractivity contribution in [3.63, 3.8) is 0 Å². The van der Waals surface area contributed by atoms with Gasteiger partial charge in [-0.2, -0.15) is 0 Å². The van der Waals surface area contributed by atoms with E-state index in [1.165, 1.54) is 6.26 Å². The maximum atomic E-state index is 12.4. The number of carbonyl (C=O) groups is 1. The fourth-order valence-electron chi connectivity index (χ4n) is 2.82. The van der Waals surface area contributed by atoms with Gasteiger partial charge in [0.2, 0.25) is 5.89 Å². The molecule has 7 heteroatoms. The predicted molar refractivity (Wildman–Crippen MR) is 84.2 cm³/mol. The molecule has 0 aromatic carbocycles. The summed E-state index contributed by atoms with van der Waals surface area (Å²) < 4.78 is 11.0. The van der Waals surface area contributed by atoms with Crippen LogP contribution in [0.25, 0.3) is 10.8 Å². The number of likely N-dealkylation sites (tertiary alicyclic amines) is 1. The standard InChI is InChI=1S/C16H15N3O3S/c20-16(12-5-2-8-21-12)19-7-1-4-11(10-19)14-17-18-15(22-14)13-6-3-9-23-13/h2-3,5-6,8-9,11H,1,4,7,10H2. The molecular weight excluding hydrogens is 314 g/mol. The lowest BCUT2D eigenvalue weighted by molar-refractivity contribution is 0.0666. The van der Waals surface area contributed by atoms with Gasteiger partial charge in [0.05, 0.1) is 17.1 Å². The van der Waals surface area contributed by atoms with Crippen LogP contribution in [0.4, 0.5) is 0 Å². The largest absolute Gasteiger partial charge is 0.459 e. The zero-order valence-corrected chi connectivity index (χ0v) is 13.2.